The van der Waals surface area contributed by atoms with Crippen molar-refractivity contribution in [2.24, 2.45) is 0 Å². The predicted molar refractivity (Wildman–Crippen MR) is 162 cm³/mol. The summed E-state index contributed by atoms with van der Waals surface area (Å²) in [4.78, 5) is 8.89. The molecule has 0 aliphatic rings. The van der Waals surface area contributed by atoms with Crippen LogP contribution in [0.4, 0.5) is 11.4 Å². The summed E-state index contributed by atoms with van der Waals surface area (Å²) < 4.78 is 0.813. The fourth-order valence-electron chi connectivity index (χ4n) is 3.71. The van der Waals surface area contributed by atoms with E-state index in [1.165, 1.54) is 0 Å². The van der Waals surface area contributed by atoms with Gasteiger partial charge in [-0.3, -0.25) is 0 Å². The van der Waals surface area contributed by atoms with Gasteiger partial charge in [0.1, 0.15) is 4.60 Å². The van der Waals surface area contributed by atoms with Crippen molar-refractivity contribution in [3.05, 3.63) is 126 Å². The SMILES string of the molecule is Nc1cccc2ccc(-c3ccccc3)nc12.Nc1cccc2ccc(Br)nc12.OB(O)c1ccccc1. The van der Waals surface area contributed by atoms with Crippen LogP contribution in [0.3, 0.4) is 0 Å². The van der Waals surface area contributed by atoms with E-state index in [4.69, 9.17) is 21.5 Å². The average Bonchev–Trinajstić information content (AvgIpc) is 2.95. The minimum atomic E-state index is -1.34. The maximum atomic E-state index is 8.58. The number of nitrogen functional groups attached to an aromatic ring is 2. The number of para-hydroxylation sites is 2. The molecule has 38 heavy (non-hydrogen) atoms. The van der Waals surface area contributed by atoms with Crippen LogP contribution in [0.1, 0.15) is 0 Å². The van der Waals surface area contributed by atoms with Gasteiger partial charge in [-0.1, -0.05) is 97.1 Å². The summed E-state index contributed by atoms with van der Waals surface area (Å²) in [5.74, 6) is 0. The Balaban J connectivity index is 0.000000141. The monoisotopic (exact) mass is 564 g/mol. The van der Waals surface area contributed by atoms with Gasteiger partial charge in [0.2, 0.25) is 0 Å². The van der Waals surface area contributed by atoms with Crippen molar-refractivity contribution < 1.29 is 10.0 Å². The van der Waals surface area contributed by atoms with E-state index in [-0.39, 0.29) is 0 Å². The number of fused-ring (bicyclic) bond motifs is 2. The van der Waals surface area contributed by atoms with Crippen molar-refractivity contribution in [2.75, 3.05) is 11.5 Å². The Kier molecular flexibility index (Phi) is 9.05. The summed E-state index contributed by atoms with van der Waals surface area (Å²) in [5.41, 5.74) is 17.4. The van der Waals surface area contributed by atoms with E-state index < -0.39 is 7.12 Å². The molecule has 2 heterocycles. The lowest BCUT2D eigenvalue weighted by Crippen LogP contribution is -2.29. The van der Waals surface area contributed by atoms with E-state index in [0.29, 0.717) is 11.2 Å². The fourth-order valence-corrected chi connectivity index (χ4v) is 4.02. The summed E-state index contributed by atoms with van der Waals surface area (Å²) in [6.07, 6.45) is 0. The zero-order valence-electron chi connectivity index (χ0n) is 20.4. The van der Waals surface area contributed by atoms with Crippen LogP contribution in [0, 0.1) is 0 Å². The van der Waals surface area contributed by atoms with Crippen LogP contribution < -0.4 is 16.9 Å². The minimum Gasteiger partial charge on any atom is -0.423 e. The van der Waals surface area contributed by atoms with Gasteiger partial charge in [0.15, 0.2) is 0 Å². The van der Waals surface area contributed by atoms with Gasteiger partial charge in [-0.25, -0.2) is 9.97 Å². The van der Waals surface area contributed by atoms with Gasteiger partial charge in [-0.15, -0.1) is 0 Å². The van der Waals surface area contributed by atoms with E-state index in [9.17, 15) is 0 Å². The van der Waals surface area contributed by atoms with Crippen molar-refractivity contribution in [1.82, 2.24) is 9.97 Å². The number of benzene rings is 4. The molecule has 6 nitrogen and oxygen atoms in total. The first kappa shape index (κ1) is 26.8. The second-order valence-corrected chi connectivity index (χ2v) is 9.13. The molecule has 0 bridgehead atoms. The zero-order valence-corrected chi connectivity index (χ0v) is 22.0. The number of hydrogen-bond donors (Lipinski definition) is 4. The normalized spacial score (nSPS) is 10.2. The van der Waals surface area contributed by atoms with Gasteiger partial charge in [-0.2, -0.15) is 0 Å². The summed E-state index contributed by atoms with van der Waals surface area (Å²) in [7, 11) is -1.34. The molecule has 0 saturated heterocycles. The quantitative estimate of drug-likeness (QED) is 0.126. The summed E-state index contributed by atoms with van der Waals surface area (Å²) in [5, 5.41) is 19.3. The standard InChI is InChI=1S/C15H12N2.C9H7BrN2.C6H7BO2/c16-13-8-4-7-12-9-10-14(17-15(12)13)11-5-2-1-3-6-11;10-8-5-4-6-2-1-3-7(11)9(6)12-8;8-7(9)6-4-2-1-3-5-6/h1-10H,16H2;1-5H,11H2;1-5,8-9H. The maximum Gasteiger partial charge on any atom is 0.488 e. The van der Waals surface area contributed by atoms with E-state index >= 15 is 0 Å². The fraction of sp³-hybridized carbons (Fsp3) is 0. The van der Waals surface area contributed by atoms with Gasteiger partial charge in [-0.05, 0) is 45.7 Å². The third-order valence-electron chi connectivity index (χ3n) is 5.64. The van der Waals surface area contributed by atoms with Crippen molar-refractivity contribution in [3.63, 3.8) is 0 Å². The first-order valence-electron chi connectivity index (χ1n) is 11.8. The van der Waals surface area contributed by atoms with Crippen LogP contribution >= 0.6 is 15.9 Å². The van der Waals surface area contributed by atoms with E-state index in [1.54, 1.807) is 24.3 Å². The molecule has 0 atom stereocenters. The molecule has 6 aromatic rings. The Morgan fingerprint density at radius 2 is 1.08 bits per heavy atom. The highest BCUT2D eigenvalue weighted by atomic mass is 79.9. The molecule has 0 saturated carbocycles. The number of anilines is 2. The van der Waals surface area contributed by atoms with Gasteiger partial charge < -0.3 is 21.5 Å². The molecular formula is C30H26BBrN4O2. The number of nitrogens with zero attached hydrogens (tertiary/aromatic N) is 2. The summed E-state index contributed by atoms with van der Waals surface area (Å²) >= 11 is 3.30. The van der Waals surface area contributed by atoms with Crippen LogP contribution in [0.5, 0.6) is 0 Å². The zero-order chi connectivity index (χ0) is 26.9. The Hall–Kier alpha value is -4.24. The summed E-state index contributed by atoms with van der Waals surface area (Å²) in [6, 6.07) is 38.4. The lowest BCUT2D eigenvalue weighted by atomic mass is 9.81. The lowest BCUT2D eigenvalue weighted by molar-refractivity contribution is 0.426. The Bertz CT molecular complexity index is 1630. The van der Waals surface area contributed by atoms with Crippen LogP contribution in [0.15, 0.2) is 126 Å². The lowest BCUT2D eigenvalue weighted by Gasteiger charge is -2.04. The molecule has 0 amide bonds. The number of hydrogen-bond acceptors (Lipinski definition) is 6. The van der Waals surface area contributed by atoms with Crippen LogP contribution in [-0.2, 0) is 0 Å². The summed E-state index contributed by atoms with van der Waals surface area (Å²) in [6.45, 7) is 0. The number of pyridine rings is 2. The topological polar surface area (TPSA) is 118 Å². The number of rotatable bonds is 2. The van der Waals surface area contributed by atoms with E-state index in [1.807, 2.05) is 91.0 Å². The van der Waals surface area contributed by atoms with Gasteiger partial charge in [0, 0.05) is 16.3 Å². The molecule has 0 aliphatic heterocycles. The Morgan fingerprint density at radius 1 is 0.553 bits per heavy atom. The third-order valence-corrected chi connectivity index (χ3v) is 6.08. The number of nitrogens with two attached hydrogens (primary N) is 2. The second kappa shape index (κ2) is 12.8. The highest BCUT2D eigenvalue weighted by Gasteiger charge is 2.07. The van der Waals surface area contributed by atoms with Crippen molar-refractivity contribution in [1.29, 1.82) is 0 Å². The first-order chi connectivity index (χ1) is 18.4. The predicted octanol–water partition coefficient (Wildman–Crippen LogP) is 5.43. The molecule has 0 unspecified atom stereocenters. The smallest absolute Gasteiger partial charge is 0.423 e. The Labute approximate surface area is 229 Å². The average molecular weight is 565 g/mol. The van der Waals surface area contributed by atoms with Gasteiger partial charge in [0.25, 0.3) is 0 Å². The number of halogens is 1. The molecule has 2 aromatic heterocycles. The molecule has 6 N–H and O–H groups in total. The molecule has 0 fully saturated rings. The molecule has 188 valence electrons. The molecule has 6 rings (SSSR count). The second-order valence-electron chi connectivity index (χ2n) is 8.32. The Morgan fingerprint density at radius 3 is 1.63 bits per heavy atom. The molecule has 4 aromatic carbocycles. The molecule has 0 spiro atoms. The van der Waals surface area contributed by atoms with Crippen molar-refractivity contribution in [2.45, 2.75) is 0 Å². The van der Waals surface area contributed by atoms with Gasteiger partial charge >= 0.3 is 7.12 Å². The first-order valence-corrected chi connectivity index (χ1v) is 12.6. The maximum absolute atomic E-state index is 8.58. The van der Waals surface area contributed by atoms with Gasteiger partial charge in [0.05, 0.1) is 28.1 Å². The van der Waals surface area contributed by atoms with Crippen molar-refractivity contribution >= 4 is 61.7 Å². The van der Waals surface area contributed by atoms with E-state index in [2.05, 4.69) is 32.0 Å². The number of aromatic nitrogens is 2. The molecule has 8 heteroatoms. The van der Waals surface area contributed by atoms with E-state index in [0.717, 1.165) is 43.4 Å². The van der Waals surface area contributed by atoms with Crippen LogP contribution in [-0.4, -0.2) is 27.1 Å². The molecule has 0 aliphatic carbocycles. The highest BCUT2D eigenvalue weighted by molar-refractivity contribution is 9.10. The van der Waals surface area contributed by atoms with Crippen LogP contribution in [0.25, 0.3) is 33.1 Å². The van der Waals surface area contributed by atoms with Crippen LogP contribution in [0.2, 0.25) is 0 Å². The third kappa shape index (κ3) is 6.95. The highest BCUT2D eigenvalue weighted by Crippen LogP contribution is 2.24. The molecule has 0 radical (unpaired) electrons. The van der Waals surface area contributed by atoms with Crippen molar-refractivity contribution in [3.8, 4) is 11.3 Å². The minimum absolute atomic E-state index is 0.525. The molecular weight excluding hydrogens is 539 g/mol. The largest absolute Gasteiger partial charge is 0.488 e.